The molecule has 0 saturated heterocycles. The molecular formula is C42H32F12N2O6. The van der Waals surface area contributed by atoms with Gasteiger partial charge in [0.2, 0.25) is 10.8 Å². The number of rotatable bonds is 5. The maximum atomic E-state index is 15.3. The van der Waals surface area contributed by atoms with Gasteiger partial charge in [-0.25, -0.2) is 4.90 Å². The third kappa shape index (κ3) is 6.37. The standard InChI is InChI=1S/C42H32F12N2O6/c1-35(2,3)27-17-21(9-13-29(27)57)38(41(49,50)51,42(52,53)54)22-10-14-30(58)28(18-22)55-31(59)23-11-7-19(15-25(23)32(55)60)37(39(43,44)45,40(46,47)48)20-8-12-24-26(16-20)34(62)56(33(24)61)36(4,5)6/h7-18,57-58H,1-6H3. The summed E-state index contributed by atoms with van der Waals surface area (Å²) in [7, 11) is 0. The molecule has 0 radical (unpaired) electrons. The van der Waals surface area contributed by atoms with Crippen LogP contribution in [-0.4, -0.2) is 69.0 Å². The Kier molecular flexibility index (Phi) is 10.0. The molecule has 0 unspecified atom stereocenters. The predicted octanol–water partition coefficient (Wildman–Crippen LogP) is 10.4. The molecule has 62 heavy (non-hydrogen) atoms. The van der Waals surface area contributed by atoms with E-state index in [-0.39, 0.29) is 46.9 Å². The molecule has 0 fully saturated rings. The maximum absolute atomic E-state index is 15.3. The molecule has 6 rings (SSSR count). The molecular weight excluding hydrogens is 856 g/mol. The van der Waals surface area contributed by atoms with Crippen molar-refractivity contribution < 1.29 is 82.1 Å². The lowest BCUT2D eigenvalue weighted by Gasteiger charge is -2.39. The van der Waals surface area contributed by atoms with Crippen LogP contribution < -0.4 is 4.90 Å². The lowest BCUT2D eigenvalue weighted by molar-refractivity contribution is -0.290. The maximum Gasteiger partial charge on any atom is 0.411 e. The van der Waals surface area contributed by atoms with Gasteiger partial charge in [0.25, 0.3) is 23.6 Å². The largest absolute Gasteiger partial charge is 0.508 e. The van der Waals surface area contributed by atoms with Crippen LogP contribution in [0, 0.1) is 0 Å². The Balaban J connectivity index is 1.55. The minimum Gasteiger partial charge on any atom is -0.508 e. The fraction of sp³-hybridized carbons (Fsp3) is 0.333. The number of imide groups is 2. The number of fused-ring (bicyclic) bond motifs is 2. The molecule has 4 amide bonds. The van der Waals surface area contributed by atoms with Crippen molar-refractivity contribution in [2.75, 3.05) is 4.90 Å². The van der Waals surface area contributed by atoms with E-state index >= 15 is 52.7 Å². The summed E-state index contributed by atoms with van der Waals surface area (Å²) in [6.07, 6.45) is -25.3. The third-order valence-electron chi connectivity index (χ3n) is 10.9. The number of carbonyl (C=O) groups excluding carboxylic acids is 4. The van der Waals surface area contributed by atoms with Crippen molar-refractivity contribution in [2.24, 2.45) is 0 Å². The third-order valence-corrected chi connectivity index (χ3v) is 10.9. The molecule has 0 bridgehead atoms. The first kappa shape index (κ1) is 45.4. The second-order valence-corrected chi connectivity index (χ2v) is 16.8. The van der Waals surface area contributed by atoms with Crippen molar-refractivity contribution in [2.45, 2.75) is 88.0 Å². The van der Waals surface area contributed by atoms with Crippen LogP contribution in [0.3, 0.4) is 0 Å². The van der Waals surface area contributed by atoms with E-state index in [4.69, 9.17) is 0 Å². The van der Waals surface area contributed by atoms with Crippen molar-refractivity contribution in [1.82, 2.24) is 4.90 Å². The van der Waals surface area contributed by atoms with Gasteiger partial charge in [-0.3, -0.25) is 24.1 Å². The van der Waals surface area contributed by atoms with Crippen LogP contribution in [0.15, 0.2) is 72.8 Å². The zero-order valence-electron chi connectivity index (χ0n) is 32.9. The molecule has 330 valence electrons. The molecule has 4 aromatic rings. The van der Waals surface area contributed by atoms with Gasteiger partial charge in [0, 0.05) is 5.54 Å². The Morgan fingerprint density at radius 3 is 1.18 bits per heavy atom. The van der Waals surface area contributed by atoms with Crippen molar-refractivity contribution in [3.8, 4) is 11.5 Å². The van der Waals surface area contributed by atoms with Gasteiger partial charge >= 0.3 is 24.7 Å². The van der Waals surface area contributed by atoms with Gasteiger partial charge in [0.15, 0.2) is 0 Å². The van der Waals surface area contributed by atoms with Crippen molar-refractivity contribution in [1.29, 1.82) is 0 Å². The molecule has 0 aromatic heterocycles. The lowest BCUT2D eigenvalue weighted by atomic mass is 9.71. The monoisotopic (exact) mass is 888 g/mol. The van der Waals surface area contributed by atoms with Crippen LogP contribution >= 0.6 is 0 Å². The first-order chi connectivity index (χ1) is 28.1. The van der Waals surface area contributed by atoms with Gasteiger partial charge in [-0.15, -0.1) is 0 Å². The Hall–Kier alpha value is -6.08. The molecule has 2 N–H and O–H groups in total. The summed E-state index contributed by atoms with van der Waals surface area (Å²) < 4.78 is 183. The molecule has 4 aromatic carbocycles. The average molecular weight is 889 g/mol. The molecule has 2 aliphatic heterocycles. The first-order valence-corrected chi connectivity index (χ1v) is 18.1. The second kappa shape index (κ2) is 13.7. The summed E-state index contributed by atoms with van der Waals surface area (Å²) in [5.74, 6) is -7.71. The van der Waals surface area contributed by atoms with Gasteiger partial charge in [-0.2, -0.15) is 52.7 Å². The molecule has 2 heterocycles. The number of hydrogen-bond donors (Lipinski definition) is 2. The Bertz CT molecular complexity index is 2550. The molecule has 8 nitrogen and oxygen atoms in total. The minimum absolute atomic E-state index is 0.0119. The average Bonchev–Trinajstić information content (AvgIpc) is 3.50. The van der Waals surface area contributed by atoms with Gasteiger partial charge < -0.3 is 10.2 Å². The normalized spacial score (nSPS) is 15.8. The highest BCUT2D eigenvalue weighted by molar-refractivity contribution is 6.35. The first-order valence-electron chi connectivity index (χ1n) is 18.1. The van der Waals surface area contributed by atoms with Crippen molar-refractivity contribution >= 4 is 29.3 Å². The quantitative estimate of drug-likeness (QED) is 0.152. The van der Waals surface area contributed by atoms with E-state index in [1.807, 2.05) is 0 Å². The zero-order chi connectivity index (χ0) is 46.9. The molecule has 0 aliphatic carbocycles. The van der Waals surface area contributed by atoms with E-state index in [1.54, 1.807) is 0 Å². The number of hydrogen-bond acceptors (Lipinski definition) is 6. The van der Waals surface area contributed by atoms with Gasteiger partial charge in [0.05, 0.1) is 27.9 Å². The molecule has 2 aliphatic rings. The van der Waals surface area contributed by atoms with Gasteiger partial charge in [-0.05, 0) is 96.5 Å². The summed E-state index contributed by atoms with van der Waals surface area (Å²) in [6.45, 7) is 8.29. The fourth-order valence-electron chi connectivity index (χ4n) is 8.05. The van der Waals surface area contributed by atoms with Crippen LogP contribution in [0.5, 0.6) is 11.5 Å². The van der Waals surface area contributed by atoms with Gasteiger partial charge in [0.1, 0.15) is 11.5 Å². The van der Waals surface area contributed by atoms with E-state index in [1.165, 1.54) is 41.5 Å². The van der Waals surface area contributed by atoms with Crippen LogP contribution in [0.25, 0.3) is 0 Å². The number of carbonyl (C=O) groups is 4. The highest BCUT2D eigenvalue weighted by Crippen LogP contribution is 2.59. The van der Waals surface area contributed by atoms with Crippen LogP contribution in [0.2, 0.25) is 0 Å². The Morgan fingerprint density at radius 1 is 0.419 bits per heavy atom. The summed E-state index contributed by atoms with van der Waals surface area (Å²) in [5.41, 5.74) is -24.5. The number of aromatic hydroxyl groups is 2. The van der Waals surface area contributed by atoms with Crippen molar-refractivity contribution in [3.05, 3.63) is 123 Å². The molecule has 20 heteroatoms. The number of alkyl halides is 12. The van der Waals surface area contributed by atoms with E-state index in [0.717, 1.165) is 0 Å². The summed E-state index contributed by atoms with van der Waals surface area (Å²) >= 11 is 0. The van der Waals surface area contributed by atoms with Crippen molar-refractivity contribution in [3.63, 3.8) is 0 Å². The lowest BCUT2D eigenvalue weighted by Crippen LogP contribution is -2.55. The number of halogens is 12. The van der Waals surface area contributed by atoms with Gasteiger partial charge in [-0.1, -0.05) is 51.1 Å². The number of amides is 4. The van der Waals surface area contributed by atoms with E-state index in [9.17, 15) is 29.4 Å². The number of phenols is 2. The summed E-state index contributed by atoms with van der Waals surface area (Å²) in [4.78, 5) is 54.3. The number of benzene rings is 4. The van der Waals surface area contributed by atoms with E-state index < -0.39 is 132 Å². The highest BCUT2D eigenvalue weighted by atomic mass is 19.4. The molecule has 0 saturated carbocycles. The van der Waals surface area contributed by atoms with Crippen LogP contribution in [0.4, 0.5) is 58.4 Å². The summed E-state index contributed by atoms with van der Waals surface area (Å²) in [5, 5.41) is 21.1. The predicted molar refractivity (Wildman–Crippen MR) is 195 cm³/mol. The van der Waals surface area contributed by atoms with E-state index in [0.29, 0.717) is 41.3 Å². The molecule has 0 atom stereocenters. The minimum atomic E-state index is -6.36. The number of phenolic OH excluding ortho intramolecular Hbond substituents is 2. The van der Waals surface area contributed by atoms with E-state index in [2.05, 4.69) is 0 Å². The Labute approximate surface area is 343 Å². The fourth-order valence-corrected chi connectivity index (χ4v) is 8.05. The Morgan fingerprint density at radius 2 is 0.758 bits per heavy atom. The smallest absolute Gasteiger partial charge is 0.411 e. The topological polar surface area (TPSA) is 115 Å². The van der Waals surface area contributed by atoms with Crippen LogP contribution in [0.1, 0.15) is 111 Å². The van der Waals surface area contributed by atoms with Crippen LogP contribution in [-0.2, 0) is 16.2 Å². The number of anilines is 1. The zero-order valence-corrected chi connectivity index (χ0v) is 32.9. The second-order valence-electron chi connectivity index (χ2n) is 16.8. The number of nitrogens with zero attached hydrogens (tertiary/aromatic N) is 2. The summed E-state index contributed by atoms with van der Waals surface area (Å²) in [6, 6.07) is 3.49. The molecule has 0 spiro atoms. The highest BCUT2D eigenvalue weighted by Gasteiger charge is 2.74. The SMILES string of the molecule is CC(C)(C)c1cc(C(c2ccc(O)c(N3C(=O)c4ccc(C(c5ccc6c(c5)C(=O)N(C(C)(C)C)C6=O)(C(F)(F)F)C(F)(F)F)cc4C3=O)c2)(C(F)(F)F)C(F)(F)F)ccc1O.